The summed E-state index contributed by atoms with van der Waals surface area (Å²) in [5, 5.41) is 16.5. The van der Waals surface area contributed by atoms with Crippen LogP contribution in [0.4, 0.5) is 11.4 Å². The molecule has 1 aromatic heterocycles. The SMILES string of the molecule is CC(C)(C)c1ccc(N(C(=O)C2CC(O)CN2)C(C(=O)Nc2c(Cl)cccc2Cl)c2cccnc2)cc1. The number of rotatable bonds is 6. The number of hydrogen-bond donors (Lipinski definition) is 3. The van der Waals surface area contributed by atoms with Crippen molar-refractivity contribution in [2.75, 3.05) is 16.8 Å². The van der Waals surface area contributed by atoms with Gasteiger partial charge in [-0.25, -0.2) is 0 Å². The third-order valence-corrected chi connectivity index (χ3v) is 7.00. The first kappa shape index (κ1) is 27.1. The second kappa shape index (κ2) is 11.2. The largest absolute Gasteiger partial charge is 0.392 e. The Morgan fingerprint density at radius 3 is 2.30 bits per heavy atom. The van der Waals surface area contributed by atoms with Crippen LogP contribution in [0.25, 0.3) is 0 Å². The third-order valence-electron chi connectivity index (χ3n) is 6.37. The average Bonchev–Trinajstić information content (AvgIpc) is 3.30. The Labute approximate surface area is 226 Å². The van der Waals surface area contributed by atoms with E-state index >= 15 is 0 Å². The Bertz CT molecular complexity index is 1240. The molecule has 3 atom stereocenters. The summed E-state index contributed by atoms with van der Waals surface area (Å²) in [6.07, 6.45) is 2.75. The maximum Gasteiger partial charge on any atom is 0.252 e. The van der Waals surface area contributed by atoms with Crippen molar-refractivity contribution in [3.8, 4) is 0 Å². The fraction of sp³-hybridized carbons (Fsp3) is 0.321. The van der Waals surface area contributed by atoms with Gasteiger partial charge in [-0.3, -0.25) is 19.5 Å². The number of aromatic nitrogens is 1. The number of para-hydroxylation sites is 1. The van der Waals surface area contributed by atoms with E-state index in [0.717, 1.165) is 5.56 Å². The zero-order chi connectivity index (χ0) is 26.7. The Morgan fingerprint density at radius 2 is 1.76 bits per heavy atom. The van der Waals surface area contributed by atoms with Gasteiger partial charge in [-0.2, -0.15) is 0 Å². The molecule has 1 aliphatic rings. The second-order valence-electron chi connectivity index (χ2n) is 10.1. The molecule has 1 aliphatic heterocycles. The zero-order valence-corrected chi connectivity index (χ0v) is 22.4. The van der Waals surface area contributed by atoms with E-state index in [4.69, 9.17) is 23.2 Å². The summed E-state index contributed by atoms with van der Waals surface area (Å²) in [4.78, 5) is 33.6. The van der Waals surface area contributed by atoms with Crippen molar-refractivity contribution >= 4 is 46.4 Å². The van der Waals surface area contributed by atoms with Gasteiger partial charge in [-0.15, -0.1) is 0 Å². The van der Waals surface area contributed by atoms with Gasteiger partial charge in [-0.05, 0) is 47.7 Å². The fourth-order valence-electron chi connectivity index (χ4n) is 4.36. The average molecular weight is 541 g/mol. The molecule has 2 aromatic carbocycles. The molecule has 0 spiro atoms. The van der Waals surface area contributed by atoms with E-state index in [1.807, 2.05) is 24.3 Å². The first-order valence-corrected chi connectivity index (χ1v) is 12.8. The molecule has 0 bridgehead atoms. The molecule has 37 heavy (non-hydrogen) atoms. The van der Waals surface area contributed by atoms with Gasteiger partial charge in [0.2, 0.25) is 5.91 Å². The highest BCUT2D eigenvalue weighted by molar-refractivity contribution is 6.39. The summed E-state index contributed by atoms with van der Waals surface area (Å²) in [7, 11) is 0. The molecular weight excluding hydrogens is 511 g/mol. The molecule has 1 fully saturated rings. The zero-order valence-electron chi connectivity index (χ0n) is 20.9. The number of β-amino-alcohol motifs (C(OH)–C–C–N with tert-alkyl or cyclic N) is 1. The lowest BCUT2D eigenvalue weighted by atomic mass is 9.87. The summed E-state index contributed by atoms with van der Waals surface area (Å²) in [5.41, 5.74) is 2.30. The van der Waals surface area contributed by atoms with Crippen molar-refractivity contribution in [3.05, 3.63) is 88.2 Å². The van der Waals surface area contributed by atoms with E-state index < -0.39 is 24.1 Å². The van der Waals surface area contributed by atoms with Crippen molar-refractivity contribution in [2.45, 2.75) is 50.8 Å². The van der Waals surface area contributed by atoms with Crippen LogP contribution in [0.2, 0.25) is 10.0 Å². The molecule has 194 valence electrons. The summed E-state index contributed by atoms with van der Waals surface area (Å²) in [6, 6.07) is 14.2. The number of nitrogens with zero attached hydrogens (tertiary/aromatic N) is 2. The third kappa shape index (κ3) is 6.13. The van der Waals surface area contributed by atoms with Crippen LogP contribution in [-0.2, 0) is 15.0 Å². The molecule has 0 saturated carbocycles. The maximum atomic E-state index is 14.0. The normalized spacial score (nSPS) is 18.3. The van der Waals surface area contributed by atoms with Crippen LogP contribution >= 0.6 is 23.2 Å². The molecule has 7 nitrogen and oxygen atoms in total. The minimum atomic E-state index is -1.09. The molecule has 0 aliphatic carbocycles. The van der Waals surface area contributed by atoms with Crippen LogP contribution in [0.3, 0.4) is 0 Å². The number of carbonyl (C=O) groups is 2. The number of halogens is 2. The molecule has 4 rings (SSSR count). The highest BCUT2D eigenvalue weighted by atomic mass is 35.5. The Kier molecular flexibility index (Phi) is 8.19. The standard InChI is InChI=1S/C28H30Cl2N4O3/c1-28(2,3)18-9-11-19(12-10-18)34(27(37)23-14-20(35)16-32-23)25(17-6-5-13-31-15-17)26(36)33-24-21(29)7-4-8-22(24)30/h4-13,15,20,23,25,32,35H,14,16H2,1-3H3,(H,33,36). The first-order valence-electron chi connectivity index (χ1n) is 12.1. The summed E-state index contributed by atoms with van der Waals surface area (Å²) in [5.74, 6) is -0.843. The van der Waals surface area contributed by atoms with E-state index in [1.165, 1.54) is 4.90 Å². The first-order chi connectivity index (χ1) is 17.6. The van der Waals surface area contributed by atoms with Crippen LogP contribution in [-0.4, -0.2) is 40.6 Å². The van der Waals surface area contributed by atoms with Gasteiger partial charge in [0.25, 0.3) is 5.91 Å². The van der Waals surface area contributed by atoms with Crippen molar-refractivity contribution < 1.29 is 14.7 Å². The maximum absolute atomic E-state index is 14.0. The minimum Gasteiger partial charge on any atom is -0.392 e. The molecule has 9 heteroatoms. The second-order valence-corrected chi connectivity index (χ2v) is 10.9. The minimum absolute atomic E-state index is 0.0918. The molecule has 3 aromatic rings. The summed E-state index contributed by atoms with van der Waals surface area (Å²) >= 11 is 12.7. The van der Waals surface area contributed by atoms with Gasteiger partial charge in [-0.1, -0.05) is 68.2 Å². The van der Waals surface area contributed by atoms with Gasteiger partial charge in [0.15, 0.2) is 0 Å². The Morgan fingerprint density at radius 1 is 1.08 bits per heavy atom. The summed E-state index contributed by atoms with van der Waals surface area (Å²) in [6.45, 7) is 6.61. The molecule has 3 N–H and O–H groups in total. The van der Waals surface area contributed by atoms with E-state index in [2.05, 4.69) is 36.4 Å². The van der Waals surface area contributed by atoms with E-state index in [0.29, 0.717) is 17.8 Å². The predicted octanol–water partition coefficient (Wildman–Crippen LogP) is 5.12. The van der Waals surface area contributed by atoms with Gasteiger partial charge >= 0.3 is 0 Å². The summed E-state index contributed by atoms with van der Waals surface area (Å²) < 4.78 is 0. The quantitative estimate of drug-likeness (QED) is 0.403. The molecule has 2 heterocycles. The lowest BCUT2D eigenvalue weighted by Gasteiger charge is -2.33. The molecule has 1 saturated heterocycles. The number of aliphatic hydroxyl groups is 1. The van der Waals surface area contributed by atoms with Crippen molar-refractivity contribution in [1.82, 2.24) is 10.3 Å². The fourth-order valence-corrected chi connectivity index (χ4v) is 4.85. The number of pyridine rings is 1. The van der Waals surface area contributed by atoms with E-state index in [9.17, 15) is 14.7 Å². The number of benzene rings is 2. The van der Waals surface area contributed by atoms with Gasteiger partial charge in [0, 0.05) is 30.2 Å². The van der Waals surface area contributed by atoms with Crippen molar-refractivity contribution in [1.29, 1.82) is 0 Å². The number of aliphatic hydroxyl groups excluding tert-OH is 1. The van der Waals surface area contributed by atoms with E-state index in [1.54, 1.807) is 42.7 Å². The van der Waals surface area contributed by atoms with E-state index in [-0.39, 0.29) is 33.5 Å². The van der Waals surface area contributed by atoms with Crippen LogP contribution in [0.15, 0.2) is 67.0 Å². The Hall–Kier alpha value is -2.97. The highest BCUT2D eigenvalue weighted by Gasteiger charge is 2.39. The number of nitrogens with one attached hydrogen (secondary N) is 2. The van der Waals surface area contributed by atoms with Gasteiger partial charge < -0.3 is 15.7 Å². The molecular formula is C28H30Cl2N4O3. The topological polar surface area (TPSA) is 94.6 Å². The van der Waals surface area contributed by atoms with Crippen molar-refractivity contribution in [2.24, 2.45) is 0 Å². The lowest BCUT2D eigenvalue weighted by molar-refractivity contribution is -0.125. The van der Waals surface area contributed by atoms with Crippen LogP contribution in [0, 0.1) is 0 Å². The molecule has 2 amide bonds. The van der Waals surface area contributed by atoms with Crippen LogP contribution in [0.5, 0.6) is 0 Å². The number of anilines is 2. The number of carbonyl (C=O) groups excluding carboxylic acids is 2. The Balaban J connectivity index is 1.82. The highest BCUT2D eigenvalue weighted by Crippen LogP contribution is 2.35. The number of hydrogen-bond acceptors (Lipinski definition) is 5. The van der Waals surface area contributed by atoms with Crippen LogP contribution in [0.1, 0.15) is 44.4 Å². The number of amides is 2. The smallest absolute Gasteiger partial charge is 0.252 e. The lowest BCUT2D eigenvalue weighted by Crippen LogP contribution is -2.49. The van der Waals surface area contributed by atoms with Crippen LogP contribution < -0.4 is 15.5 Å². The van der Waals surface area contributed by atoms with Gasteiger partial charge in [0.1, 0.15) is 6.04 Å². The monoisotopic (exact) mass is 540 g/mol. The van der Waals surface area contributed by atoms with Crippen molar-refractivity contribution in [3.63, 3.8) is 0 Å². The predicted molar refractivity (Wildman–Crippen MR) is 147 cm³/mol. The molecule has 0 radical (unpaired) electrons. The molecule has 3 unspecified atom stereocenters. The van der Waals surface area contributed by atoms with Gasteiger partial charge in [0.05, 0.1) is 27.9 Å².